The molecular formula is C12H19FN12O. The molecule has 2 aliphatic carbocycles. The zero-order chi connectivity index (χ0) is 19.4. The maximum absolute atomic E-state index is 13.0. The Bertz CT molecular complexity index is 539. The van der Waals surface area contributed by atoms with Crippen LogP contribution in [0.4, 0.5) is 4.39 Å². The molecule has 0 bridgehead atoms. The number of halogens is 1. The molecule has 0 aromatic carbocycles. The van der Waals surface area contributed by atoms with E-state index in [2.05, 4.69) is 40.1 Å². The van der Waals surface area contributed by atoms with Crippen molar-refractivity contribution in [1.82, 2.24) is 0 Å². The van der Waals surface area contributed by atoms with Crippen molar-refractivity contribution in [2.24, 2.45) is 20.5 Å². The molecule has 2 aliphatic rings. The molecule has 2 fully saturated rings. The molecule has 0 amide bonds. The van der Waals surface area contributed by atoms with Crippen LogP contribution in [0.5, 0.6) is 0 Å². The molecule has 140 valence electrons. The Morgan fingerprint density at radius 2 is 0.923 bits per heavy atom. The predicted molar refractivity (Wildman–Crippen MR) is 90.3 cm³/mol. The first-order valence-corrected chi connectivity index (χ1v) is 8.01. The van der Waals surface area contributed by atoms with Gasteiger partial charge in [0, 0.05) is 43.8 Å². The van der Waals surface area contributed by atoms with Crippen LogP contribution in [0, 0.1) is 0 Å². The van der Waals surface area contributed by atoms with Crippen LogP contribution >= 0.6 is 0 Å². The zero-order valence-corrected chi connectivity index (χ0v) is 13.9. The lowest BCUT2D eigenvalue weighted by atomic mass is 9.90. The molecule has 2 rings (SSSR count). The number of aliphatic hydroxyl groups excluding tert-OH is 1. The fourth-order valence-electron chi connectivity index (χ4n) is 3.09. The molecule has 0 aliphatic heterocycles. The molecule has 0 spiro atoms. The molecular weight excluding hydrogens is 347 g/mol. The molecule has 0 radical (unpaired) electrons. The molecule has 13 nitrogen and oxygen atoms in total. The SMILES string of the molecule is [N-]=[N+]=NC1CC(F)CC(N=[N+]=[N-])C1.[N-]=[N+]=NC1CC(O)CC(N=[N+]=[N-])C1. The Morgan fingerprint density at radius 3 is 1.23 bits per heavy atom. The first kappa shape index (κ1) is 21.2. The smallest absolute Gasteiger partial charge is 0.101 e. The third-order valence-electron chi connectivity index (χ3n) is 4.09. The van der Waals surface area contributed by atoms with Crippen LogP contribution in [0.3, 0.4) is 0 Å². The van der Waals surface area contributed by atoms with E-state index in [1.165, 1.54) is 0 Å². The van der Waals surface area contributed by atoms with Crippen molar-refractivity contribution in [1.29, 1.82) is 0 Å². The molecule has 0 saturated heterocycles. The van der Waals surface area contributed by atoms with Crippen molar-refractivity contribution < 1.29 is 9.50 Å². The van der Waals surface area contributed by atoms with Gasteiger partial charge in [-0.15, -0.1) is 0 Å². The highest BCUT2D eigenvalue weighted by Crippen LogP contribution is 2.26. The van der Waals surface area contributed by atoms with E-state index in [-0.39, 0.29) is 37.0 Å². The minimum Gasteiger partial charge on any atom is -0.393 e. The van der Waals surface area contributed by atoms with Gasteiger partial charge in [-0.2, -0.15) is 0 Å². The monoisotopic (exact) mass is 366 g/mol. The normalized spacial score (nSPS) is 32.8. The largest absolute Gasteiger partial charge is 0.393 e. The first-order chi connectivity index (χ1) is 12.5. The summed E-state index contributed by atoms with van der Waals surface area (Å²) in [5.41, 5.74) is 32.7. The van der Waals surface area contributed by atoms with Crippen molar-refractivity contribution in [3.63, 3.8) is 0 Å². The molecule has 0 aromatic rings. The van der Waals surface area contributed by atoms with Crippen LogP contribution in [0.2, 0.25) is 0 Å². The molecule has 2 saturated carbocycles. The second-order valence-electron chi connectivity index (χ2n) is 6.10. The lowest BCUT2D eigenvalue weighted by Crippen LogP contribution is -2.30. The Kier molecular flexibility index (Phi) is 9.48. The van der Waals surface area contributed by atoms with Gasteiger partial charge < -0.3 is 5.11 Å². The van der Waals surface area contributed by atoms with Crippen molar-refractivity contribution in [2.75, 3.05) is 0 Å². The zero-order valence-electron chi connectivity index (χ0n) is 13.9. The van der Waals surface area contributed by atoms with Gasteiger partial charge in [-0.1, -0.05) is 20.5 Å². The lowest BCUT2D eigenvalue weighted by molar-refractivity contribution is 0.111. The van der Waals surface area contributed by atoms with Gasteiger partial charge in [-0.05, 0) is 60.6 Å². The lowest BCUT2D eigenvalue weighted by Gasteiger charge is -2.26. The molecule has 26 heavy (non-hydrogen) atoms. The summed E-state index contributed by atoms with van der Waals surface area (Å²) in [6.07, 6.45) is 0.825. The van der Waals surface area contributed by atoms with E-state index >= 15 is 0 Å². The minimum absolute atomic E-state index is 0.238. The molecule has 14 heteroatoms. The average Bonchev–Trinajstić information content (AvgIpc) is 2.55. The first-order valence-electron chi connectivity index (χ1n) is 8.01. The molecule has 4 unspecified atom stereocenters. The Morgan fingerprint density at radius 1 is 0.615 bits per heavy atom. The maximum Gasteiger partial charge on any atom is 0.101 e. The van der Waals surface area contributed by atoms with Gasteiger partial charge in [-0.3, -0.25) is 0 Å². The molecule has 0 aromatic heterocycles. The number of azide groups is 4. The van der Waals surface area contributed by atoms with Crippen LogP contribution in [-0.2, 0) is 0 Å². The van der Waals surface area contributed by atoms with Gasteiger partial charge in [0.25, 0.3) is 0 Å². The van der Waals surface area contributed by atoms with Gasteiger partial charge in [-0.25, -0.2) is 4.39 Å². The second-order valence-corrected chi connectivity index (χ2v) is 6.10. The minimum atomic E-state index is -1.03. The summed E-state index contributed by atoms with van der Waals surface area (Å²) < 4.78 is 13.0. The van der Waals surface area contributed by atoms with Crippen LogP contribution in [0.1, 0.15) is 38.5 Å². The Balaban J connectivity index is 0.000000260. The van der Waals surface area contributed by atoms with E-state index in [4.69, 9.17) is 22.1 Å². The summed E-state index contributed by atoms with van der Waals surface area (Å²) in [7, 11) is 0. The molecule has 1 N–H and O–H groups in total. The summed E-state index contributed by atoms with van der Waals surface area (Å²) >= 11 is 0. The summed E-state index contributed by atoms with van der Waals surface area (Å²) in [5.74, 6) is 0. The highest BCUT2D eigenvalue weighted by Gasteiger charge is 2.27. The van der Waals surface area contributed by atoms with Crippen LogP contribution in [-0.4, -0.2) is 41.5 Å². The number of alkyl halides is 1. The van der Waals surface area contributed by atoms with Gasteiger partial charge in [0.05, 0.1) is 6.10 Å². The van der Waals surface area contributed by atoms with Crippen LogP contribution < -0.4 is 0 Å². The summed E-state index contributed by atoms with van der Waals surface area (Å²) in [4.78, 5) is 10.6. The van der Waals surface area contributed by atoms with E-state index < -0.39 is 12.3 Å². The van der Waals surface area contributed by atoms with Crippen LogP contribution in [0.15, 0.2) is 20.5 Å². The topological polar surface area (TPSA) is 215 Å². The van der Waals surface area contributed by atoms with E-state index in [9.17, 15) is 9.50 Å². The fourth-order valence-corrected chi connectivity index (χ4v) is 3.09. The highest BCUT2D eigenvalue weighted by atomic mass is 19.1. The van der Waals surface area contributed by atoms with Gasteiger partial charge in [0.1, 0.15) is 6.17 Å². The van der Waals surface area contributed by atoms with Crippen molar-refractivity contribution in [2.45, 2.75) is 75.0 Å². The highest BCUT2D eigenvalue weighted by molar-refractivity contribution is 4.87. The molecule has 4 atom stereocenters. The second kappa shape index (κ2) is 11.6. The summed E-state index contributed by atoms with van der Waals surface area (Å²) in [6, 6.07) is -1.23. The van der Waals surface area contributed by atoms with Crippen molar-refractivity contribution >= 4 is 0 Å². The maximum atomic E-state index is 13.0. The number of hydrogen-bond acceptors (Lipinski definition) is 5. The standard InChI is InChI=1S/C6H9FN6.C6H10N6O/c7-4-1-5(10-12-8)3-6(2-4)11-13-9;7-11-9-4-1-5(10-12-8)3-6(13)2-4/h4-6H,1-3H2;4-6,13H,1-3H2. The molecule has 0 heterocycles. The average molecular weight is 366 g/mol. The number of hydrogen-bond donors (Lipinski definition) is 1. The quantitative estimate of drug-likeness (QED) is 0.415. The van der Waals surface area contributed by atoms with Gasteiger partial charge in [0.15, 0.2) is 0 Å². The van der Waals surface area contributed by atoms with Crippen molar-refractivity contribution in [3.8, 4) is 0 Å². The van der Waals surface area contributed by atoms with Gasteiger partial charge in [0.2, 0.25) is 0 Å². The predicted octanol–water partition coefficient (Wildman–Crippen LogP) is 4.76. The van der Waals surface area contributed by atoms with E-state index in [1.54, 1.807) is 0 Å². The Labute approximate surface area is 147 Å². The number of aliphatic hydroxyl groups is 1. The third-order valence-corrected chi connectivity index (χ3v) is 4.09. The van der Waals surface area contributed by atoms with Gasteiger partial charge >= 0.3 is 0 Å². The number of rotatable bonds is 4. The summed E-state index contributed by atoms with van der Waals surface area (Å²) in [6.45, 7) is 0. The van der Waals surface area contributed by atoms with Crippen molar-refractivity contribution in [3.05, 3.63) is 41.8 Å². The fraction of sp³-hybridized carbons (Fsp3) is 1.00. The third kappa shape index (κ3) is 7.80. The van der Waals surface area contributed by atoms with E-state index in [1.807, 2.05) is 0 Å². The van der Waals surface area contributed by atoms with E-state index in [0.29, 0.717) is 25.7 Å². The van der Waals surface area contributed by atoms with E-state index in [0.717, 1.165) is 0 Å². The summed E-state index contributed by atoms with van der Waals surface area (Å²) in [5, 5.41) is 23.2. The number of nitrogens with zero attached hydrogens (tertiary/aromatic N) is 12. The van der Waals surface area contributed by atoms with Crippen LogP contribution in [0.25, 0.3) is 41.8 Å². The Hall–Kier alpha value is -2.87.